The van der Waals surface area contributed by atoms with Crippen molar-refractivity contribution in [1.82, 2.24) is 19.9 Å². The van der Waals surface area contributed by atoms with Crippen LogP contribution in [0.4, 0.5) is 0 Å². The standard InChI is InChI=1S/C64H38N4O/c1-3-15-40(16-4-1)53-36-45-20-9-10-23-49(45)54-37-47(28-30-50(53)54)63-66-62(46-22-13-21-43(35-46)44-27-26-39-14-7-8-19-42(39)34-44)67-64(68-63)48-29-32-56-55(38-48)59-52(61(65-56)41-17-5-2-6-18-41)31-33-58-60(59)51-24-11-12-25-57(51)69-58/h1-38H. The van der Waals surface area contributed by atoms with Crippen LogP contribution in [0.15, 0.2) is 235 Å². The molecule has 0 aliphatic heterocycles. The van der Waals surface area contributed by atoms with Gasteiger partial charge in [-0.05, 0) is 115 Å². The molecule has 0 aliphatic carbocycles. The van der Waals surface area contributed by atoms with Gasteiger partial charge in [-0.25, -0.2) is 19.9 Å². The van der Waals surface area contributed by atoms with E-state index in [9.17, 15) is 0 Å². The number of nitrogens with zero attached hydrogens (tertiary/aromatic N) is 4. The predicted octanol–water partition coefficient (Wildman–Crippen LogP) is 16.9. The van der Waals surface area contributed by atoms with Crippen LogP contribution in [0.1, 0.15) is 0 Å². The smallest absolute Gasteiger partial charge is 0.164 e. The van der Waals surface area contributed by atoms with Crippen LogP contribution in [0.3, 0.4) is 0 Å². The van der Waals surface area contributed by atoms with Gasteiger partial charge in [0.25, 0.3) is 0 Å². The Kier molecular flexibility index (Phi) is 8.83. The largest absolute Gasteiger partial charge is 0.456 e. The fraction of sp³-hybridized carbons (Fsp3) is 0. The molecule has 0 saturated carbocycles. The molecule has 0 atom stereocenters. The van der Waals surface area contributed by atoms with Crippen LogP contribution in [0.2, 0.25) is 0 Å². The van der Waals surface area contributed by atoms with Crippen molar-refractivity contribution in [2.24, 2.45) is 0 Å². The molecule has 0 N–H and O–H groups in total. The van der Waals surface area contributed by atoms with Gasteiger partial charge in [-0.3, -0.25) is 0 Å². The molecule has 0 radical (unpaired) electrons. The fourth-order valence-electron chi connectivity index (χ4n) is 10.3. The summed E-state index contributed by atoms with van der Waals surface area (Å²) in [5, 5.41) is 12.3. The summed E-state index contributed by atoms with van der Waals surface area (Å²) in [7, 11) is 0. The van der Waals surface area contributed by atoms with Gasteiger partial charge in [0.1, 0.15) is 11.2 Å². The number of hydrogen-bond donors (Lipinski definition) is 0. The summed E-state index contributed by atoms with van der Waals surface area (Å²) < 4.78 is 6.50. The summed E-state index contributed by atoms with van der Waals surface area (Å²) in [5.41, 5.74) is 11.8. The number of benzene rings is 11. The Morgan fingerprint density at radius 3 is 1.64 bits per heavy atom. The molecule has 11 aromatic carbocycles. The zero-order valence-corrected chi connectivity index (χ0v) is 37.1. The molecule has 0 unspecified atom stereocenters. The molecule has 14 rings (SSSR count). The highest BCUT2D eigenvalue weighted by atomic mass is 16.3. The quantitative estimate of drug-likeness (QED) is 0.156. The predicted molar refractivity (Wildman–Crippen MR) is 285 cm³/mol. The number of aromatic nitrogens is 4. The van der Waals surface area contributed by atoms with E-state index >= 15 is 0 Å². The average molecular weight is 879 g/mol. The van der Waals surface area contributed by atoms with Gasteiger partial charge in [-0.1, -0.05) is 170 Å². The Balaban J connectivity index is 1.01. The highest BCUT2D eigenvalue weighted by Gasteiger charge is 2.20. The van der Waals surface area contributed by atoms with Gasteiger partial charge in [-0.15, -0.1) is 0 Å². The number of fused-ring (bicyclic) bond motifs is 11. The van der Waals surface area contributed by atoms with E-state index in [1.54, 1.807) is 0 Å². The van der Waals surface area contributed by atoms with Crippen molar-refractivity contribution in [2.45, 2.75) is 0 Å². The van der Waals surface area contributed by atoms with Crippen molar-refractivity contribution in [3.63, 3.8) is 0 Å². The van der Waals surface area contributed by atoms with E-state index in [-0.39, 0.29) is 0 Å². The van der Waals surface area contributed by atoms with Crippen molar-refractivity contribution in [3.05, 3.63) is 231 Å². The first-order valence-corrected chi connectivity index (χ1v) is 23.3. The van der Waals surface area contributed by atoms with E-state index in [2.05, 4.69) is 212 Å². The van der Waals surface area contributed by atoms with E-state index in [1.165, 1.54) is 38.1 Å². The summed E-state index contributed by atoms with van der Waals surface area (Å²) in [6, 6.07) is 81.1. The molecule has 3 aromatic heterocycles. The lowest BCUT2D eigenvalue weighted by atomic mass is 9.92. The van der Waals surface area contributed by atoms with Crippen LogP contribution in [0, 0.1) is 0 Å². The lowest BCUT2D eigenvalue weighted by Gasteiger charge is -2.14. The molecule has 5 heteroatoms. The van der Waals surface area contributed by atoms with Gasteiger partial charge < -0.3 is 4.42 Å². The molecule has 14 aromatic rings. The molecule has 3 heterocycles. The topological polar surface area (TPSA) is 64.7 Å². The van der Waals surface area contributed by atoms with E-state index in [4.69, 9.17) is 24.4 Å². The number of hydrogen-bond acceptors (Lipinski definition) is 5. The highest BCUT2D eigenvalue weighted by molar-refractivity contribution is 6.28. The maximum atomic E-state index is 6.50. The number of rotatable bonds is 6. The summed E-state index contributed by atoms with van der Waals surface area (Å²) in [5.74, 6) is 1.75. The third kappa shape index (κ3) is 6.55. The molecule has 0 aliphatic rings. The number of para-hydroxylation sites is 1. The van der Waals surface area contributed by atoms with Crippen LogP contribution in [-0.4, -0.2) is 19.9 Å². The van der Waals surface area contributed by atoms with Crippen LogP contribution in [0.25, 0.3) is 144 Å². The van der Waals surface area contributed by atoms with Crippen LogP contribution < -0.4 is 0 Å². The molecule has 0 amide bonds. The van der Waals surface area contributed by atoms with Gasteiger partial charge in [0.05, 0.1) is 11.2 Å². The Bertz CT molecular complexity index is 4370. The highest BCUT2D eigenvalue weighted by Crippen LogP contribution is 2.43. The molecule has 69 heavy (non-hydrogen) atoms. The second-order valence-corrected chi connectivity index (χ2v) is 17.7. The zero-order chi connectivity index (χ0) is 45.4. The maximum absolute atomic E-state index is 6.50. The van der Waals surface area contributed by atoms with E-state index in [0.717, 1.165) is 88.1 Å². The Labute approximate surface area is 396 Å². The van der Waals surface area contributed by atoms with E-state index < -0.39 is 0 Å². The second kappa shape index (κ2) is 15.7. The van der Waals surface area contributed by atoms with Crippen molar-refractivity contribution in [2.75, 3.05) is 0 Å². The molecule has 320 valence electrons. The molecular weight excluding hydrogens is 841 g/mol. The number of pyridine rings is 1. The zero-order valence-electron chi connectivity index (χ0n) is 37.1. The summed E-state index contributed by atoms with van der Waals surface area (Å²) >= 11 is 0. The van der Waals surface area contributed by atoms with E-state index in [0.29, 0.717) is 17.5 Å². The normalized spacial score (nSPS) is 11.8. The minimum absolute atomic E-state index is 0.570. The minimum atomic E-state index is 0.570. The van der Waals surface area contributed by atoms with Gasteiger partial charge in [0, 0.05) is 49.2 Å². The maximum Gasteiger partial charge on any atom is 0.164 e. The minimum Gasteiger partial charge on any atom is -0.456 e. The summed E-state index contributed by atoms with van der Waals surface area (Å²) in [6.45, 7) is 0. The molecular formula is C64H38N4O. The van der Waals surface area contributed by atoms with Gasteiger partial charge in [-0.2, -0.15) is 0 Å². The van der Waals surface area contributed by atoms with Crippen molar-refractivity contribution in [1.29, 1.82) is 0 Å². The first-order chi connectivity index (χ1) is 34.2. The van der Waals surface area contributed by atoms with E-state index in [1.807, 2.05) is 18.2 Å². The molecule has 0 saturated heterocycles. The Hall–Kier alpha value is -9.32. The lowest BCUT2D eigenvalue weighted by molar-refractivity contribution is 0.669. The SMILES string of the molecule is c1ccc(-c2cc3ccccc3c3cc(-c4nc(-c5cccc(-c6ccc7ccccc7c6)c5)nc(-c5ccc6nc(-c7ccccc7)c7ccc8oc9ccccc9c8c7c6c5)n4)ccc23)cc1. The molecule has 5 nitrogen and oxygen atoms in total. The third-order valence-electron chi connectivity index (χ3n) is 13.6. The van der Waals surface area contributed by atoms with Crippen LogP contribution in [-0.2, 0) is 0 Å². The molecule has 0 fully saturated rings. The first kappa shape index (κ1) is 38.9. The van der Waals surface area contributed by atoms with Crippen molar-refractivity contribution >= 4 is 75.9 Å². The number of furan rings is 1. The van der Waals surface area contributed by atoms with Gasteiger partial charge >= 0.3 is 0 Å². The van der Waals surface area contributed by atoms with Crippen molar-refractivity contribution < 1.29 is 4.42 Å². The first-order valence-electron chi connectivity index (χ1n) is 23.3. The lowest BCUT2D eigenvalue weighted by Crippen LogP contribution is -2.01. The van der Waals surface area contributed by atoms with Crippen LogP contribution >= 0.6 is 0 Å². The van der Waals surface area contributed by atoms with Gasteiger partial charge in [0.15, 0.2) is 17.5 Å². The fourth-order valence-corrected chi connectivity index (χ4v) is 10.3. The van der Waals surface area contributed by atoms with Crippen molar-refractivity contribution in [3.8, 4) is 67.7 Å². The average Bonchev–Trinajstić information content (AvgIpc) is 3.81. The summed E-state index contributed by atoms with van der Waals surface area (Å²) in [4.78, 5) is 21.4. The second-order valence-electron chi connectivity index (χ2n) is 17.7. The molecule has 0 spiro atoms. The summed E-state index contributed by atoms with van der Waals surface area (Å²) in [6.07, 6.45) is 0. The Morgan fingerprint density at radius 2 is 0.841 bits per heavy atom. The molecule has 0 bridgehead atoms. The Morgan fingerprint density at radius 1 is 0.261 bits per heavy atom. The van der Waals surface area contributed by atoms with Crippen LogP contribution in [0.5, 0.6) is 0 Å². The van der Waals surface area contributed by atoms with Gasteiger partial charge in [0.2, 0.25) is 0 Å². The monoisotopic (exact) mass is 878 g/mol. The third-order valence-corrected chi connectivity index (χ3v) is 13.6.